The molecule has 3 amide bonds. The van der Waals surface area contributed by atoms with Crippen molar-refractivity contribution >= 4 is 17.9 Å². The van der Waals surface area contributed by atoms with Crippen molar-refractivity contribution in [1.29, 1.82) is 0 Å². The number of benzene rings is 4. The Balaban J connectivity index is 0.934. The molecule has 3 N–H and O–H groups in total. The number of rotatable bonds is 11. The highest BCUT2D eigenvalue weighted by molar-refractivity contribution is 5.87. The molecular formula is C47H47F3N8O4. The first kappa shape index (κ1) is 42.0. The van der Waals surface area contributed by atoms with Crippen LogP contribution in [0.15, 0.2) is 116 Å². The molecule has 2 aliphatic heterocycles. The van der Waals surface area contributed by atoms with E-state index in [1.54, 1.807) is 71.5 Å². The smallest absolute Gasteiger partial charge is 0.416 e. The lowest BCUT2D eigenvalue weighted by Crippen LogP contribution is -2.43. The van der Waals surface area contributed by atoms with Gasteiger partial charge in [-0.05, 0) is 85.3 Å². The summed E-state index contributed by atoms with van der Waals surface area (Å²) in [5, 5.41) is 9.80. The van der Waals surface area contributed by atoms with E-state index >= 15 is 0 Å². The summed E-state index contributed by atoms with van der Waals surface area (Å²) >= 11 is 0. The maximum Gasteiger partial charge on any atom is 0.416 e. The molecule has 0 saturated carbocycles. The fraction of sp³-hybridized carbons (Fsp3) is 0.298. The maximum atomic E-state index is 14.0. The minimum Gasteiger partial charge on any atom is -0.465 e. The van der Waals surface area contributed by atoms with E-state index in [4.69, 9.17) is 0 Å². The van der Waals surface area contributed by atoms with E-state index in [0.717, 1.165) is 63.5 Å². The van der Waals surface area contributed by atoms with Crippen molar-refractivity contribution < 1.29 is 32.7 Å². The molecule has 0 radical (unpaired) electrons. The number of halogens is 3. The average Bonchev–Trinajstić information content (AvgIpc) is 4.11. The molecule has 62 heavy (non-hydrogen) atoms. The fourth-order valence-electron chi connectivity index (χ4n) is 8.76. The van der Waals surface area contributed by atoms with Crippen molar-refractivity contribution in [3.05, 3.63) is 144 Å². The quantitative estimate of drug-likeness (QED) is 0.118. The number of amides is 3. The van der Waals surface area contributed by atoms with Crippen LogP contribution < -0.4 is 0 Å². The van der Waals surface area contributed by atoms with Crippen molar-refractivity contribution in [1.82, 2.24) is 39.5 Å². The Morgan fingerprint density at radius 2 is 1.13 bits per heavy atom. The third-order valence-electron chi connectivity index (χ3n) is 11.9. The van der Waals surface area contributed by atoms with Crippen molar-refractivity contribution in [3.63, 3.8) is 0 Å². The zero-order chi connectivity index (χ0) is 43.7. The van der Waals surface area contributed by atoms with E-state index in [-0.39, 0.29) is 29.5 Å². The molecule has 2 aromatic heterocycles. The highest BCUT2D eigenvalue weighted by Gasteiger charge is 2.40. The highest BCUT2D eigenvalue weighted by atomic mass is 19.4. The minimum absolute atomic E-state index is 0.273. The normalized spacial score (nSPS) is 17.7. The molecule has 2 saturated heterocycles. The van der Waals surface area contributed by atoms with Gasteiger partial charge in [0.25, 0.3) is 5.91 Å². The van der Waals surface area contributed by atoms with E-state index in [1.165, 1.54) is 13.1 Å². The lowest BCUT2D eigenvalue weighted by atomic mass is 10.0. The van der Waals surface area contributed by atoms with Gasteiger partial charge in [0.1, 0.15) is 23.7 Å². The number of carbonyl (C=O) groups excluding carboxylic acids is 2. The zero-order valence-electron chi connectivity index (χ0n) is 34.5. The lowest BCUT2D eigenvalue weighted by Gasteiger charge is -2.32. The number of imidazole rings is 2. The number of carbonyl (C=O) groups is 3. The Labute approximate surface area is 357 Å². The summed E-state index contributed by atoms with van der Waals surface area (Å²) < 4.78 is 40.6. The van der Waals surface area contributed by atoms with Crippen LogP contribution in [0.2, 0.25) is 0 Å². The van der Waals surface area contributed by atoms with Crippen LogP contribution >= 0.6 is 0 Å². The molecule has 4 aromatic carbocycles. The van der Waals surface area contributed by atoms with Crippen LogP contribution in [-0.2, 0) is 15.8 Å². The van der Waals surface area contributed by atoms with Gasteiger partial charge in [0.05, 0.1) is 41.4 Å². The van der Waals surface area contributed by atoms with Gasteiger partial charge in [-0.1, -0.05) is 91.0 Å². The lowest BCUT2D eigenvalue weighted by molar-refractivity contribution is -0.139. The molecule has 1 unspecified atom stereocenters. The molecular weight excluding hydrogens is 798 g/mol. The van der Waals surface area contributed by atoms with Gasteiger partial charge in [0.2, 0.25) is 5.91 Å². The van der Waals surface area contributed by atoms with E-state index in [1.807, 2.05) is 54.6 Å². The summed E-state index contributed by atoms with van der Waals surface area (Å²) in [4.78, 5) is 62.3. The second kappa shape index (κ2) is 17.3. The number of likely N-dealkylation sites (N-methyl/N-ethyl adjacent to an activating group) is 2. The Morgan fingerprint density at radius 3 is 1.60 bits per heavy atom. The van der Waals surface area contributed by atoms with Crippen molar-refractivity contribution in [2.75, 3.05) is 34.2 Å². The first-order valence-corrected chi connectivity index (χ1v) is 20.5. The number of H-pyrrole nitrogens is 2. The number of hydrogen-bond donors (Lipinski definition) is 3. The Morgan fingerprint density at radius 1 is 0.661 bits per heavy atom. The molecule has 320 valence electrons. The molecule has 4 heterocycles. The third-order valence-corrected chi connectivity index (χ3v) is 11.9. The molecule has 0 spiro atoms. The van der Waals surface area contributed by atoms with E-state index in [0.29, 0.717) is 43.1 Å². The number of hydrogen-bond acceptors (Lipinski definition) is 6. The van der Waals surface area contributed by atoms with Gasteiger partial charge in [0, 0.05) is 20.1 Å². The largest absolute Gasteiger partial charge is 0.465 e. The second-order valence-corrected chi connectivity index (χ2v) is 16.1. The summed E-state index contributed by atoms with van der Waals surface area (Å²) in [7, 11) is 4.80. The number of carboxylic acid groups (broad SMARTS) is 1. The van der Waals surface area contributed by atoms with Crippen LogP contribution in [0, 0.1) is 0 Å². The SMILES string of the molecule is CN(C)C(C(=O)N1CCC[C@H]1c1ncc(-c2ccc(-c3ccc(-c4cnc([C@@H]5CCCN5C(=O)[C@@H](c5ccccc5)N(C)C(=O)O)[nH]4)cc3)cc2)[nH]1)c1cccc(C(F)(F)F)c1. The first-order chi connectivity index (χ1) is 29.8. The highest BCUT2D eigenvalue weighted by Crippen LogP contribution is 2.38. The number of aromatic amines is 2. The van der Waals surface area contributed by atoms with Crippen molar-refractivity contribution in [2.45, 2.75) is 56.0 Å². The molecule has 12 nitrogen and oxygen atoms in total. The van der Waals surface area contributed by atoms with Gasteiger partial charge < -0.3 is 24.9 Å². The number of nitrogens with one attached hydrogen (secondary N) is 2. The zero-order valence-corrected chi connectivity index (χ0v) is 34.5. The van der Waals surface area contributed by atoms with Crippen LogP contribution in [0.25, 0.3) is 33.6 Å². The summed E-state index contributed by atoms with van der Waals surface area (Å²) in [6, 6.07) is 27.5. The van der Waals surface area contributed by atoms with Gasteiger partial charge in [-0.3, -0.25) is 19.4 Å². The molecule has 0 bridgehead atoms. The minimum atomic E-state index is -4.52. The van der Waals surface area contributed by atoms with Gasteiger partial charge in [-0.25, -0.2) is 14.8 Å². The number of nitrogens with zero attached hydrogens (tertiary/aromatic N) is 6. The number of likely N-dealkylation sites (tertiary alicyclic amines) is 2. The predicted octanol–water partition coefficient (Wildman–Crippen LogP) is 9.13. The predicted molar refractivity (Wildman–Crippen MR) is 227 cm³/mol. The summed E-state index contributed by atoms with van der Waals surface area (Å²) in [6.45, 7) is 0.972. The number of aromatic nitrogens is 4. The number of alkyl halides is 3. The van der Waals surface area contributed by atoms with Crippen molar-refractivity contribution in [3.8, 4) is 33.6 Å². The van der Waals surface area contributed by atoms with Crippen LogP contribution in [-0.4, -0.2) is 96.8 Å². The molecule has 6 aromatic rings. The molecule has 2 aliphatic rings. The fourth-order valence-corrected chi connectivity index (χ4v) is 8.76. The standard InChI is InChI=1S/C47H47F3N8O4/c1-55(2)40(34-12-7-13-35(26-34)47(48,49)50)44(59)57-24-8-14-38(57)42-51-27-36(53-42)31-20-16-29(17-21-31)30-18-22-32(23-19-30)37-28-52-43(54-37)39-15-9-25-58(39)45(60)41(56(3)46(61)62)33-10-5-4-6-11-33/h4-7,10-13,16-23,26-28,38-41H,8-9,14-15,24-25H2,1-3H3,(H,51,53)(H,52,54)(H,61,62)/t38-,39-,40?,41+/m0/s1. The molecule has 15 heteroatoms. The Bertz CT molecular complexity index is 2540. The summed E-state index contributed by atoms with van der Waals surface area (Å²) in [5.74, 6) is 0.719. The summed E-state index contributed by atoms with van der Waals surface area (Å²) in [5.41, 5.74) is 5.52. The Hall–Kier alpha value is -6.74. The van der Waals surface area contributed by atoms with Gasteiger partial charge >= 0.3 is 12.3 Å². The van der Waals surface area contributed by atoms with E-state index < -0.39 is 29.9 Å². The van der Waals surface area contributed by atoms with E-state index in [9.17, 15) is 32.7 Å². The maximum absolute atomic E-state index is 14.0. The van der Waals surface area contributed by atoms with Crippen LogP contribution in [0.5, 0.6) is 0 Å². The second-order valence-electron chi connectivity index (χ2n) is 16.1. The molecule has 0 aliphatic carbocycles. The molecule has 8 rings (SSSR count). The van der Waals surface area contributed by atoms with Crippen molar-refractivity contribution in [2.24, 2.45) is 0 Å². The molecule has 4 atom stereocenters. The molecule has 2 fully saturated rings. The third kappa shape index (κ3) is 8.44. The van der Waals surface area contributed by atoms with Gasteiger partial charge in [-0.15, -0.1) is 0 Å². The summed E-state index contributed by atoms with van der Waals surface area (Å²) in [6.07, 6.45) is 0.692. The van der Waals surface area contributed by atoms with Crippen LogP contribution in [0.3, 0.4) is 0 Å². The average molecular weight is 845 g/mol. The topological polar surface area (TPSA) is 142 Å². The van der Waals surface area contributed by atoms with Crippen LogP contribution in [0.1, 0.15) is 78.2 Å². The Kier molecular flexibility index (Phi) is 11.7. The van der Waals surface area contributed by atoms with Gasteiger partial charge in [-0.2, -0.15) is 13.2 Å². The van der Waals surface area contributed by atoms with Gasteiger partial charge in [0.15, 0.2) is 0 Å². The first-order valence-electron chi connectivity index (χ1n) is 20.5. The monoisotopic (exact) mass is 844 g/mol. The van der Waals surface area contributed by atoms with Crippen LogP contribution in [0.4, 0.5) is 18.0 Å². The van der Waals surface area contributed by atoms with E-state index in [2.05, 4.69) is 19.9 Å².